The van der Waals surface area contributed by atoms with E-state index in [1.54, 1.807) is 18.2 Å². The lowest BCUT2D eigenvalue weighted by Crippen LogP contribution is -2.00. The highest BCUT2D eigenvalue weighted by Gasteiger charge is 2.27. The normalized spacial score (nSPS) is 18.1. The van der Waals surface area contributed by atoms with Crippen LogP contribution in [-0.2, 0) is 9.84 Å². The van der Waals surface area contributed by atoms with Crippen LogP contribution in [0, 0.1) is 0 Å². The SMILES string of the molecule is O=S1(=O)C(CBr)=Cc2ccccc21. The molecule has 2 rings (SSSR count). The molecule has 0 unspecified atom stereocenters. The summed E-state index contributed by atoms with van der Waals surface area (Å²) in [6, 6.07) is 7.02. The van der Waals surface area contributed by atoms with E-state index in [-0.39, 0.29) is 0 Å². The van der Waals surface area contributed by atoms with Crippen molar-refractivity contribution in [1.29, 1.82) is 0 Å². The lowest BCUT2D eigenvalue weighted by molar-refractivity contribution is 0.603. The topological polar surface area (TPSA) is 34.1 Å². The quantitative estimate of drug-likeness (QED) is 0.724. The van der Waals surface area contributed by atoms with E-state index in [4.69, 9.17) is 0 Å². The van der Waals surface area contributed by atoms with Crippen molar-refractivity contribution in [2.45, 2.75) is 4.90 Å². The second-order valence-corrected chi connectivity index (χ2v) is 5.32. The number of alkyl halides is 1. The molecular weight excluding hydrogens is 252 g/mol. The van der Waals surface area contributed by atoms with E-state index in [1.807, 2.05) is 12.1 Å². The predicted octanol–water partition coefficient (Wildman–Crippen LogP) is 2.21. The first-order valence-corrected chi connectivity index (χ1v) is 6.37. The predicted molar refractivity (Wildman–Crippen MR) is 55.4 cm³/mol. The summed E-state index contributed by atoms with van der Waals surface area (Å²) < 4.78 is 23.4. The summed E-state index contributed by atoms with van der Waals surface area (Å²) in [6.07, 6.45) is 1.71. The molecule has 0 N–H and O–H groups in total. The van der Waals surface area contributed by atoms with Crippen molar-refractivity contribution in [2.75, 3.05) is 5.33 Å². The first-order chi connectivity index (χ1) is 6.16. The molecule has 0 atom stereocenters. The fourth-order valence-electron chi connectivity index (χ4n) is 1.35. The largest absolute Gasteiger partial charge is 0.219 e. The Morgan fingerprint density at radius 1 is 1.23 bits per heavy atom. The Hall–Kier alpha value is -0.610. The van der Waals surface area contributed by atoms with E-state index in [0.717, 1.165) is 5.56 Å². The Bertz CT molecular complexity index is 474. The second-order valence-electron chi connectivity index (χ2n) is 2.79. The van der Waals surface area contributed by atoms with Crippen LogP contribution < -0.4 is 0 Å². The van der Waals surface area contributed by atoms with Gasteiger partial charge in [0, 0.05) is 5.33 Å². The molecule has 1 aliphatic heterocycles. The van der Waals surface area contributed by atoms with Gasteiger partial charge >= 0.3 is 0 Å². The third-order valence-electron chi connectivity index (χ3n) is 2.00. The standard InChI is InChI=1S/C9H7BrO2S/c10-6-8-5-7-3-1-2-4-9(7)13(8,11)12/h1-5H,6H2. The molecule has 4 heteroatoms. The van der Waals surface area contributed by atoms with Crippen LogP contribution in [0.2, 0.25) is 0 Å². The molecule has 0 saturated heterocycles. The Labute approximate surface area is 85.3 Å². The van der Waals surface area contributed by atoms with E-state index in [2.05, 4.69) is 15.9 Å². The highest BCUT2D eigenvalue weighted by Crippen LogP contribution is 2.32. The minimum Gasteiger partial charge on any atom is -0.219 e. The molecule has 1 aliphatic rings. The van der Waals surface area contributed by atoms with Crippen molar-refractivity contribution < 1.29 is 8.42 Å². The van der Waals surface area contributed by atoms with Crippen molar-refractivity contribution in [3.05, 3.63) is 34.7 Å². The number of benzene rings is 1. The summed E-state index contributed by atoms with van der Waals surface area (Å²) in [6.45, 7) is 0. The molecule has 13 heavy (non-hydrogen) atoms. The maximum atomic E-state index is 11.7. The molecule has 0 saturated carbocycles. The highest BCUT2D eigenvalue weighted by atomic mass is 79.9. The van der Waals surface area contributed by atoms with Crippen LogP contribution in [0.25, 0.3) is 6.08 Å². The summed E-state index contributed by atoms with van der Waals surface area (Å²) in [5.41, 5.74) is 0.789. The van der Waals surface area contributed by atoms with E-state index in [1.165, 1.54) is 0 Å². The second kappa shape index (κ2) is 2.96. The molecule has 0 amide bonds. The van der Waals surface area contributed by atoms with Crippen molar-refractivity contribution in [3.63, 3.8) is 0 Å². The number of halogens is 1. The number of fused-ring (bicyclic) bond motifs is 1. The molecule has 0 radical (unpaired) electrons. The number of rotatable bonds is 1. The molecular formula is C9H7BrO2S. The average molecular weight is 259 g/mol. The van der Waals surface area contributed by atoms with E-state index in [0.29, 0.717) is 15.1 Å². The van der Waals surface area contributed by atoms with Crippen LogP contribution in [0.3, 0.4) is 0 Å². The van der Waals surface area contributed by atoms with Gasteiger partial charge in [-0.25, -0.2) is 8.42 Å². The molecule has 0 spiro atoms. The zero-order valence-corrected chi connectivity index (χ0v) is 9.10. The van der Waals surface area contributed by atoms with Crippen LogP contribution in [-0.4, -0.2) is 13.7 Å². The average Bonchev–Trinajstić information content (AvgIpc) is 2.39. The summed E-state index contributed by atoms with van der Waals surface area (Å²) in [5.74, 6) is 0. The Balaban J connectivity index is 2.72. The maximum Gasteiger partial charge on any atom is 0.204 e. The van der Waals surface area contributed by atoms with Gasteiger partial charge in [-0.3, -0.25) is 0 Å². The molecule has 68 valence electrons. The van der Waals surface area contributed by atoms with Crippen LogP contribution >= 0.6 is 15.9 Å². The molecule has 1 heterocycles. The minimum absolute atomic E-state index is 0.379. The molecule has 0 aromatic heterocycles. The van der Waals surface area contributed by atoms with Gasteiger partial charge in [0.1, 0.15) is 0 Å². The molecule has 1 aromatic carbocycles. The number of sulfone groups is 1. The summed E-state index contributed by atoms with van der Waals surface area (Å²) >= 11 is 3.16. The van der Waals surface area contributed by atoms with Gasteiger partial charge in [0.2, 0.25) is 9.84 Å². The third-order valence-corrected chi connectivity index (χ3v) is 4.88. The summed E-state index contributed by atoms with van der Waals surface area (Å²) in [7, 11) is -3.18. The van der Waals surface area contributed by atoms with Gasteiger partial charge in [-0.15, -0.1) is 0 Å². The Morgan fingerprint density at radius 2 is 1.92 bits per heavy atom. The highest BCUT2D eigenvalue weighted by molar-refractivity contribution is 9.09. The lowest BCUT2D eigenvalue weighted by Gasteiger charge is -1.98. The van der Waals surface area contributed by atoms with Gasteiger partial charge in [0.05, 0.1) is 9.80 Å². The molecule has 2 nitrogen and oxygen atoms in total. The van der Waals surface area contributed by atoms with Crippen molar-refractivity contribution in [2.24, 2.45) is 0 Å². The van der Waals surface area contributed by atoms with Crippen LogP contribution in [0.15, 0.2) is 34.1 Å². The van der Waals surface area contributed by atoms with Gasteiger partial charge in [0.15, 0.2) is 0 Å². The van der Waals surface area contributed by atoms with Crippen LogP contribution in [0.4, 0.5) is 0 Å². The number of allylic oxidation sites excluding steroid dienone is 1. The van der Waals surface area contributed by atoms with Gasteiger partial charge in [-0.05, 0) is 17.7 Å². The Morgan fingerprint density at radius 3 is 2.54 bits per heavy atom. The smallest absolute Gasteiger partial charge is 0.204 e. The molecule has 1 aromatic rings. The lowest BCUT2D eigenvalue weighted by atomic mass is 10.2. The van der Waals surface area contributed by atoms with Gasteiger partial charge in [-0.1, -0.05) is 34.1 Å². The first-order valence-electron chi connectivity index (χ1n) is 3.77. The fraction of sp³-hybridized carbons (Fsp3) is 0.111. The summed E-state index contributed by atoms with van der Waals surface area (Å²) in [5, 5.41) is 0.379. The van der Waals surface area contributed by atoms with Crippen LogP contribution in [0.1, 0.15) is 5.56 Å². The van der Waals surface area contributed by atoms with Crippen molar-refractivity contribution in [3.8, 4) is 0 Å². The van der Waals surface area contributed by atoms with Gasteiger partial charge in [0.25, 0.3) is 0 Å². The van der Waals surface area contributed by atoms with E-state index in [9.17, 15) is 8.42 Å². The van der Waals surface area contributed by atoms with Gasteiger partial charge < -0.3 is 0 Å². The van der Waals surface area contributed by atoms with Gasteiger partial charge in [-0.2, -0.15) is 0 Å². The van der Waals surface area contributed by atoms with E-state index < -0.39 is 9.84 Å². The molecule has 0 aliphatic carbocycles. The Kier molecular flexibility index (Phi) is 2.04. The maximum absolute atomic E-state index is 11.7. The monoisotopic (exact) mass is 258 g/mol. The fourth-order valence-corrected chi connectivity index (χ4v) is 3.82. The number of hydrogen-bond acceptors (Lipinski definition) is 2. The van der Waals surface area contributed by atoms with Crippen molar-refractivity contribution in [1.82, 2.24) is 0 Å². The third kappa shape index (κ3) is 1.25. The molecule has 0 bridgehead atoms. The van der Waals surface area contributed by atoms with Crippen LogP contribution in [0.5, 0.6) is 0 Å². The zero-order chi connectivity index (χ0) is 9.47. The number of hydrogen-bond donors (Lipinski definition) is 0. The minimum atomic E-state index is -3.18. The summed E-state index contributed by atoms with van der Waals surface area (Å²) in [4.78, 5) is 0.859. The zero-order valence-electron chi connectivity index (χ0n) is 6.70. The molecule has 0 fully saturated rings. The first kappa shape index (κ1) is 8.97. The van der Waals surface area contributed by atoms with E-state index >= 15 is 0 Å². The van der Waals surface area contributed by atoms with Crippen molar-refractivity contribution >= 4 is 31.8 Å².